The summed E-state index contributed by atoms with van der Waals surface area (Å²) in [5, 5.41) is 10.1. The summed E-state index contributed by atoms with van der Waals surface area (Å²) in [4.78, 5) is 9.34. The minimum Gasteiger partial charge on any atom is -0.504 e. The predicted molar refractivity (Wildman–Crippen MR) is 103 cm³/mol. The van der Waals surface area contributed by atoms with Gasteiger partial charge in [0.25, 0.3) is 0 Å². The van der Waals surface area contributed by atoms with Gasteiger partial charge in [0.2, 0.25) is 0 Å². The molecule has 25 heavy (non-hydrogen) atoms. The van der Waals surface area contributed by atoms with Crippen LogP contribution < -0.4 is 9.64 Å². The van der Waals surface area contributed by atoms with Crippen molar-refractivity contribution in [3.05, 3.63) is 48.0 Å². The Balaban J connectivity index is 1.67. The maximum atomic E-state index is 10.1. The summed E-state index contributed by atoms with van der Waals surface area (Å²) in [5.74, 6) is 0.560. The van der Waals surface area contributed by atoms with Crippen LogP contribution in [0.25, 0.3) is 0 Å². The third-order valence-corrected chi connectivity index (χ3v) is 4.64. The van der Waals surface area contributed by atoms with Crippen molar-refractivity contribution in [2.24, 2.45) is 4.99 Å². The summed E-state index contributed by atoms with van der Waals surface area (Å²) in [7, 11) is 1.54. The van der Waals surface area contributed by atoms with Crippen molar-refractivity contribution in [2.75, 3.05) is 44.7 Å². The number of phenolic OH excluding ortho intramolecular Hbond substituents is 1. The lowest BCUT2D eigenvalue weighted by Gasteiger charge is -2.35. The van der Waals surface area contributed by atoms with Gasteiger partial charge in [-0.25, -0.2) is 0 Å². The Morgan fingerprint density at radius 3 is 2.44 bits per heavy atom. The summed E-state index contributed by atoms with van der Waals surface area (Å²) in [6, 6.07) is 13.6. The number of aromatic hydroxyl groups is 1. The number of piperazine rings is 1. The third-order valence-electron chi connectivity index (χ3n) is 4.64. The van der Waals surface area contributed by atoms with Crippen LogP contribution >= 0.6 is 0 Å². The lowest BCUT2D eigenvalue weighted by Crippen LogP contribution is -2.46. The first-order valence-electron chi connectivity index (χ1n) is 8.68. The molecule has 0 spiro atoms. The van der Waals surface area contributed by atoms with E-state index in [-0.39, 0.29) is 5.75 Å². The van der Waals surface area contributed by atoms with E-state index < -0.39 is 0 Å². The topological polar surface area (TPSA) is 48.3 Å². The number of ether oxygens (including phenoxy) is 1. The van der Waals surface area contributed by atoms with E-state index in [1.165, 1.54) is 12.8 Å². The third kappa shape index (κ3) is 4.12. The van der Waals surface area contributed by atoms with Crippen molar-refractivity contribution in [1.29, 1.82) is 0 Å². The van der Waals surface area contributed by atoms with Crippen molar-refractivity contribution >= 4 is 17.6 Å². The van der Waals surface area contributed by atoms with Crippen LogP contribution in [0, 0.1) is 0 Å². The Hall–Kier alpha value is -2.53. The van der Waals surface area contributed by atoms with Gasteiger partial charge in [0.1, 0.15) is 0 Å². The molecule has 0 aliphatic carbocycles. The fourth-order valence-electron chi connectivity index (χ4n) is 3.02. The van der Waals surface area contributed by atoms with E-state index in [9.17, 15) is 5.11 Å². The van der Waals surface area contributed by atoms with Gasteiger partial charge in [-0.05, 0) is 42.9 Å². The minimum absolute atomic E-state index is 0.110. The highest BCUT2D eigenvalue weighted by atomic mass is 16.5. The molecule has 0 unspecified atom stereocenters. The number of hydrogen-bond donors (Lipinski definition) is 1. The Morgan fingerprint density at radius 1 is 1.08 bits per heavy atom. The average Bonchev–Trinajstić information content (AvgIpc) is 2.68. The van der Waals surface area contributed by atoms with Crippen LogP contribution in [0.3, 0.4) is 0 Å². The first-order valence-corrected chi connectivity index (χ1v) is 8.68. The van der Waals surface area contributed by atoms with E-state index in [4.69, 9.17) is 4.74 Å². The number of hydrogen-bond acceptors (Lipinski definition) is 5. The Labute approximate surface area is 149 Å². The number of phenols is 1. The molecular weight excluding hydrogens is 314 g/mol. The molecule has 0 bridgehead atoms. The molecular formula is C20H25N3O2. The molecule has 0 saturated carbocycles. The van der Waals surface area contributed by atoms with E-state index in [0.717, 1.165) is 38.4 Å². The zero-order chi connectivity index (χ0) is 17.6. The highest BCUT2D eigenvalue weighted by Crippen LogP contribution is 2.28. The van der Waals surface area contributed by atoms with Gasteiger partial charge in [0.15, 0.2) is 11.5 Å². The van der Waals surface area contributed by atoms with E-state index in [1.807, 2.05) is 24.3 Å². The molecule has 0 aromatic heterocycles. The van der Waals surface area contributed by atoms with Gasteiger partial charge in [-0.15, -0.1) is 0 Å². The van der Waals surface area contributed by atoms with Crippen LogP contribution in [-0.2, 0) is 0 Å². The van der Waals surface area contributed by atoms with E-state index in [2.05, 4.69) is 33.8 Å². The second-order valence-corrected chi connectivity index (χ2v) is 6.09. The molecule has 2 aromatic rings. The number of rotatable bonds is 5. The van der Waals surface area contributed by atoms with Crippen molar-refractivity contribution < 1.29 is 9.84 Å². The van der Waals surface area contributed by atoms with Crippen LogP contribution in [0.2, 0.25) is 0 Å². The number of nitrogens with zero attached hydrogens (tertiary/aromatic N) is 3. The summed E-state index contributed by atoms with van der Waals surface area (Å²) in [6.07, 6.45) is 1.66. The molecule has 1 aliphatic rings. The lowest BCUT2D eigenvalue weighted by atomic mass is 10.2. The maximum absolute atomic E-state index is 10.1. The fourth-order valence-corrected chi connectivity index (χ4v) is 3.02. The molecule has 0 amide bonds. The molecule has 0 radical (unpaired) electrons. The Kier molecular flexibility index (Phi) is 5.56. The van der Waals surface area contributed by atoms with Crippen LogP contribution in [0.1, 0.15) is 12.5 Å². The van der Waals surface area contributed by atoms with Gasteiger partial charge in [0, 0.05) is 43.6 Å². The molecule has 0 atom stereocenters. The maximum Gasteiger partial charge on any atom is 0.166 e. The number of likely N-dealkylation sites (N-methyl/N-ethyl adjacent to an activating group) is 1. The monoisotopic (exact) mass is 339 g/mol. The molecule has 2 aromatic carbocycles. The van der Waals surface area contributed by atoms with Crippen molar-refractivity contribution in [3.63, 3.8) is 0 Å². The minimum atomic E-state index is 0.110. The van der Waals surface area contributed by atoms with E-state index in [0.29, 0.717) is 11.3 Å². The molecule has 132 valence electrons. The molecule has 5 heteroatoms. The second-order valence-electron chi connectivity index (χ2n) is 6.09. The average molecular weight is 339 g/mol. The summed E-state index contributed by atoms with van der Waals surface area (Å²) in [6.45, 7) is 7.69. The Morgan fingerprint density at radius 2 is 1.80 bits per heavy atom. The zero-order valence-corrected chi connectivity index (χ0v) is 14.9. The van der Waals surface area contributed by atoms with Crippen LogP contribution in [0.15, 0.2) is 47.5 Å². The van der Waals surface area contributed by atoms with Gasteiger partial charge in [-0.1, -0.05) is 13.0 Å². The van der Waals surface area contributed by atoms with Gasteiger partial charge in [-0.3, -0.25) is 4.99 Å². The Bertz CT molecular complexity index is 720. The molecule has 1 saturated heterocycles. The number of para-hydroxylation sites is 1. The molecule has 3 rings (SSSR count). The van der Waals surface area contributed by atoms with Gasteiger partial charge < -0.3 is 19.6 Å². The summed E-state index contributed by atoms with van der Waals surface area (Å²) >= 11 is 0. The first kappa shape index (κ1) is 17.3. The zero-order valence-electron chi connectivity index (χ0n) is 14.9. The number of benzene rings is 2. The largest absolute Gasteiger partial charge is 0.504 e. The van der Waals surface area contributed by atoms with Crippen LogP contribution in [0.4, 0.5) is 11.4 Å². The highest BCUT2D eigenvalue weighted by molar-refractivity contribution is 5.86. The van der Waals surface area contributed by atoms with Crippen LogP contribution in [0.5, 0.6) is 11.5 Å². The van der Waals surface area contributed by atoms with Gasteiger partial charge >= 0.3 is 0 Å². The smallest absolute Gasteiger partial charge is 0.166 e. The molecule has 1 N–H and O–H groups in total. The van der Waals surface area contributed by atoms with E-state index in [1.54, 1.807) is 12.3 Å². The molecule has 1 fully saturated rings. The first-order chi connectivity index (χ1) is 12.2. The highest BCUT2D eigenvalue weighted by Gasteiger charge is 2.15. The summed E-state index contributed by atoms with van der Waals surface area (Å²) < 4.78 is 5.12. The predicted octanol–water partition coefficient (Wildman–Crippen LogP) is 3.29. The van der Waals surface area contributed by atoms with Gasteiger partial charge in [0.05, 0.1) is 12.8 Å². The van der Waals surface area contributed by atoms with Crippen molar-refractivity contribution in [2.45, 2.75) is 6.92 Å². The number of anilines is 1. The lowest BCUT2D eigenvalue weighted by molar-refractivity contribution is 0.271. The van der Waals surface area contributed by atoms with E-state index >= 15 is 0 Å². The fraction of sp³-hybridized carbons (Fsp3) is 0.350. The van der Waals surface area contributed by atoms with Crippen molar-refractivity contribution in [3.8, 4) is 11.5 Å². The normalized spacial score (nSPS) is 15.7. The quantitative estimate of drug-likeness (QED) is 0.849. The second kappa shape index (κ2) is 8.03. The summed E-state index contributed by atoms with van der Waals surface area (Å²) in [5.41, 5.74) is 2.73. The number of aliphatic imine (C=N–C) groups is 1. The molecule has 1 aliphatic heterocycles. The van der Waals surface area contributed by atoms with Crippen molar-refractivity contribution in [1.82, 2.24) is 4.90 Å². The molecule has 1 heterocycles. The standard InChI is InChI=1S/C20H25N3O2/c1-3-22-11-13-23(14-12-22)18-9-7-17(8-10-18)21-15-16-5-4-6-19(25-2)20(16)24/h4-10,15,24H,3,11-14H2,1-2H3. The number of methoxy groups -OCH3 is 1. The SMILES string of the molecule is CCN1CCN(c2ccc(N=Cc3cccc(OC)c3O)cc2)CC1. The van der Waals surface area contributed by atoms with Gasteiger partial charge in [-0.2, -0.15) is 0 Å². The van der Waals surface area contributed by atoms with Crippen LogP contribution in [-0.4, -0.2) is 56.1 Å². The molecule has 5 nitrogen and oxygen atoms in total.